The molecule has 1 aromatic rings. The maximum atomic E-state index is 12.1. The third-order valence-electron chi connectivity index (χ3n) is 3.51. The molecule has 0 fully saturated rings. The quantitative estimate of drug-likeness (QED) is 0.185. The van der Waals surface area contributed by atoms with E-state index in [1.807, 2.05) is 6.92 Å². The molecule has 1 rings (SSSR count). The first-order chi connectivity index (χ1) is 12.5. The van der Waals surface area contributed by atoms with Crippen LogP contribution in [-0.4, -0.2) is 51.3 Å². The Balaban J connectivity index is 0.00000676. The molecule has 0 unspecified atom stereocenters. The summed E-state index contributed by atoms with van der Waals surface area (Å²) in [5.74, 6) is 1.18. The van der Waals surface area contributed by atoms with E-state index in [-0.39, 0.29) is 29.9 Å². The summed E-state index contributed by atoms with van der Waals surface area (Å²) >= 11 is 6.02. The fourth-order valence-corrected chi connectivity index (χ4v) is 2.30. The minimum Gasteiger partial charge on any atom is -0.380 e. The molecular formula is C19H32ClIN4O2. The molecule has 8 heteroatoms. The molecule has 0 saturated heterocycles. The molecule has 0 aromatic heterocycles. The molecule has 0 atom stereocenters. The topological polar surface area (TPSA) is 74.8 Å². The molecule has 154 valence electrons. The standard InChI is InChI=1S/C19H31ClN4O2.HI/c1-4-21-19(24-12-14-26-13-9-15(2)3)23-11-10-22-18(25)16-7-5-6-8-17(16)20;/h5-8,15H,4,9-14H2,1-3H3,(H,22,25)(H2,21,23,24);1H. The van der Waals surface area contributed by atoms with Gasteiger partial charge in [-0.15, -0.1) is 24.0 Å². The van der Waals surface area contributed by atoms with Gasteiger partial charge in [-0.2, -0.15) is 0 Å². The number of ether oxygens (including phenoxy) is 1. The van der Waals surface area contributed by atoms with Gasteiger partial charge in [0, 0.05) is 26.2 Å². The van der Waals surface area contributed by atoms with Crippen LogP contribution in [0.25, 0.3) is 0 Å². The molecule has 0 aliphatic heterocycles. The van der Waals surface area contributed by atoms with Crippen LogP contribution >= 0.6 is 35.6 Å². The molecule has 0 radical (unpaired) electrons. The minimum atomic E-state index is -0.183. The number of hydrogen-bond acceptors (Lipinski definition) is 3. The summed E-state index contributed by atoms with van der Waals surface area (Å²) in [6.07, 6.45) is 1.06. The Morgan fingerprint density at radius 2 is 1.85 bits per heavy atom. The number of hydrogen-bond donors (Lipinski definition) is 3. The second-order valence-corrected chi connectivity index (χ2v) is 6.63. The van der Waals surface area contributed by atoms with Crippen LogP contribution in [0.4, 0.5) is 0 Å². The molecule has 0 saturated carbocycles. The fourth-order valence-electron chi connectivity index (χ4n) is 2.08. The Hall–Kier alpha value is -1.06. The zero-order valence-electron chi connectivity index (χ0n) is 16.4. The average Bonchev–Trinajstić information content (AvgIpc) is 2.61. The van der Waals surface area contributed by atoms with Crippen molar-refractivity contribution in [3.63, 3.8) is 0 Å². The van der Waals surface area contributed by atoms with Gasteiger partial charge in [0.25, 0.3) is 5.91 Å². The van der Waals surface area contributed by atoms with Gasteiger partial charge in [0.15, 0.2) is 5.96 Å². The predicted molar refractivity (Wildman–Crippen MR) is 123 cm³/mol. The van der Waals surface area contributed by atoms with E-state index >= 15 is 0 Å². The maximum Gasteiger partial charge on any atom is 0.252 e. The van der Waals surface area contributed by atoms with Crippen LogP contribution in [0.2, 0.25) is 5.02 Å². The number of halogens is 2. The van der Waals surface area contributed by atoms with E-state index in [1.54, 1.807) is 24.3 Å². The lowest BCUT2D eigenvalue weighted by molar-refractivity contribution is 0.0954. The summed E-state index contributed by atoms with van der Waals surface area (Å²) in [4.78, 5) is 16.5. The highest BCUT2D eigenvalue weighted by atomic mass is 127. The van der Waals surface area contributed by atoms with E-state index < -0.39 is 0 Å². The SMILES string of the molecule is CCNC(=NCCOCCC(C)C)NCCNC(=O)c1ccccc1Cl.I. The molecular weight excluding hydrogens is 479 g/mol. The van der Waals surface area contributed by atoms with E-state index in [2.05, 4.69) is 34.8 Å². The number of guanidine groups is 1. The lowest BCUT2D eigenvalue weighted by Gasteiger charge is -2.12. The van der Waals surface area contributed by atoms with Gasteiger partial charge < -0.3 is 20.7 Å². The van der Waals surface area contributed by atoms with Gasteiger partial charge in [-0.05, 0) is 31.4 Å². The highest BCUT2D eigenvalue weighted by Crippen LogP contribution is 2.14. The summed E-state index contributed by atoms with van der Waals surface area (Å²) in [7, 11) is 0. The fraction of sp³-hybridized carbons (Fsp3) is 0.579. The van der Waals surface area contributed by atoms with Crippen molar-refractivity contribution in [2.45, 2.75) is 27.2 Å². The number of aliphatic imine (C=N–C) groups is 1. The van der Waals surface area contributed by atoms with Crippen LogP contribution in [-0.2, 0) is 4.74 Å². The van der Waals surface area contributed by atoms with Gasteiger partial charge in [0.1, 0.15) is 0 Å². The number of carbonyl (C=O) groups is 1. The first kappa shape index (κ1) is 25.9. The van der Waals surface area contributed by atoms with Crippen molar-refractivity contribution in [2.24, 2.45) is 10.9 Å². The molecule has 0 heterocycles. The normalized spacial score (nSPS) is 11.1. The van der Waals surface area contributed by atoms with E-state index in [0.717, 1.165) is 19.6 Å². The van der Waals surface area contributed by atoms with Crippen LogP contribution < -0.4 is 16.0 Å². The molecule has 0 bridgehead atoms. The monoisotopic (exact) mass is 510 g/mol. The van der Waals surface area contributed by atoms with E-state index in [1.165, 1.54) is 0 Å². The zero-order valence-corrected chi connectivity index (χ0v) is 19.5. The van der Waals surface area contributed by atoms with Crippen LogP contribution in [0.5, 0.6) is 0 Å². The number of carbonyl (C=O) groups excluding carboxylic acids is 1. The molecule has 1 aromatic carbocycles. The number of nitrogens with one attached hydrogen (secondary N) is 3. The highest BCUT2D eigenvalue weighted by Gasteiger charge is 2.08. The lowest BCUT2D eigenvalue weighted by atomic mass is 10.1. The van der Waals surface area contributed by atoms with Gasteiger partial charge in [-0.3, -0.25) is 9.79 Å². The van der Waals surface area contributed by atoms with E-state index in [9.17, 15) is 4.79 Å². The zero-order chi connectivity index (χ0) is 19.2. The van der Waals surface area contributed by atoms with Gasteiger partial charge in [-0.25, -0.2) is 0 Å². The summed E-state index contributed by atoms with van der Waals surface area (Å²) in [6, 6.07) is 6.99. The van der Waals surface area contributed by atoms with Crippen molar-refractivity contribution in [3.05, 3.63) is 34.9 Å². The third-order valence-corrected chi connectivity index (χ3v) is 3.84. The highest BCUT2D eigenvalue weighted by molar-refractivity contribution is 14.0. The first-order valence-electron chi connectivity index (χ1n) is 9.17. The molecule has 6 nitrogen and oxygen atoms in total. The predicted octanol–water partition coefficient (Wildman–Crippen LogP) is 3.31. The van der Waals surface area contributed by atoms with Gasteiger partial charge >= 0.3 is 0 Å². The second kappa shape index (κ2) is 15.9. The molecule has 1 amide bonds. The summed E-state index contributed by atoms with van der Waals surface area (Å²) in [6.45, 7) is 10.1. The Bertz CT molecular complexity index is 570. The van der Waals surface area contributed by atoms with Crippen LogP contribution in [0.15, 0.2) is 29.3 Å². The van der Waals surface area contributed by atoms with Crippen molar-refractivity contribution < 1.29 is 9.53 Å². The Labute approximate surface area is 184 Å². The smallest absolute Gasteiger partial charge is 0.252 e. The van der Waals surface area contributed by atoms with E-state index in [4.69, 9.17) is 16.3 Å². The second-order valence-electron chi connectivity index (χ2n) is 6.22. The Morgan fingerprint density at radius 3 is 2.52 bits per heavy atom. The molecule has 0 aliphatic rings. The van der Waals surface area contributed by atoms with Crippen molar-refractivity contribution in [1.29, 1.82) is 0 Å². The Kier molecular flexibility index (Phi) is 15.3. The molecule has 0 aliphatic carbocycles. The number of amides is 1. The number of rotatable bonds is 11. The largest absolute Gasteiger partial charge is 0.380 e. The van der Waals surface area contributed by atoms with Gasteiger partial charge in [0.2, 0.25) is 0 Å². The maximum absolute atomic E-state index is 12.1. The van der Waals surface area contributed by atoms with Crippen molar-refractivity contribution in [2.75, 3.05) is 39.4 Å². The Morgan fingerprint density at radius 1 is 1.15 bits per heavy atom. The van der Waals surface area contributed by atoms with Gasteiger partial charge in [-0.1, -0.05) is 37.6 Å². The molecule has 27 heavy (non-hydrogen) atoms. The van der Waals surface area contributed by atoms with Crippen LogP contribution in [0.3, 0.4) is 0 Å². The van der Waals surface area contributed by atoms with Crippen LogP contribution in [0.1, 0.15) is 37.6 Å². The third kappa shape index (κ3) is 12.1. The average molecular weight is 511 g/mol. The van der Waals surface area contributed by atoms with Crippen LogP contribution in [0, 0.1) is 5.92 Å². The number of nitrogens with zero attached hydrogens (tertiary/aromatic N) is 1. The van der Waals surface area contributed by atoms with Gasteiger partial charge in [0.05, 0.1) is 23.7 Å². The van der Waals surface area contributed by atoms with Crippen molar-refractivity contribution in [3.8, 4) is 0 Å². The minimum absolute atomic E-state index is 0. The summed E-state index contributed by atoms with van der Waals surface area (Å²) in [5, 5.41) is 9.64. The lowest BCUT2D eigenvalue weighted by Crippen LogP contribution is -2.41. The summed E-state index contributed by atoms with van der Waals surface area (Å²) in [5.41, 5.74) is 0.480. The van der Waals surface area contributed by atoms with Crippen molar-refractivity contribution >= 4 is 47.4 Å². The van der Waals surface area contributed by atoms with Crippen molar-refractivity contribution in [1.82, 2.24) is 16.0 Å². The summed E-state index contributed by atoms with van der Waals surface area (Å²) < 4.78 is 5.56. The first-order valence-corrected chi connectivity index (χ1v) is 9.55. The van der Waals surface area contributed by atoms with E-state index in [0.29, 0.717) is 48.7 Å². The number of benzene rings is 1. The molecule has 0 spiro atoms. The molecule has 3 N–H and O–H groups in total.